The molecular formula is C12H19NO. The zero-order valence-corrected chi connectivity index (χ0v) is 9.10. The van der Waals surface area contributed by atoms with Gasteiger partial charge in [0.2, 0.25) is 0 Å². The number of furan rings is 1. The Kier molecular flexibility index (Phi) is 2.64. The lowest BCUT2D eigenvalue weighted by Crippen LogP contribution is -2.36. The van der Waals surface area contributed by atoms with Crippen molar-refractivity contribution >= 4 is 0 Å². The molecule has 0 atom stereocenters. The highest BCUT2D eigenvalue weighted by Crippen LogP contribution is 2.39. The number of nitrogens with one attached hydrogen (secondary N) is 1. The molecule has 1 aliphatic rings. The van der Waals surface area contributed by atoms with Crippen LogP contribution in [0.2, 0.25) is 0 Å². The van der Waals surface area contributed by atoms with Gasteiger partial charge in [0, 0.05) is 6.54 Å². The van der Waals surface area contributed by atoms with Crippen LogP contribution < -0.4 is 5.32 Å². The molecule has 0 spiro atoms. The number of aryl methyl sites for hydroxylation is 1. The van der Waals surface area contributed by atoms with Gasteiger partial charge in [-0.1, -0.05) is 13.3 Å². The van der Waals surface area contributed by atoms with Crippen LogP contribution >= 0.6 is 0 Å². The third kappa shape index (κ3) is 2.01. The Labute approximate surface area is 85.7 Å². The van der Waals surface area contributed by atoms with Gasteiger partial charge < -0.3 is 9.73 Å². The fourth-order valence-electron chi connectivity index (χ4n) is 2.02. The van der Waals surface area contributed by atoms with E-state index in [1.165, 1.54) is 24.8 Å². The summed E-state index contributed by atoms with van der Waals surface area (Å²) in [5.74, 6) is 1.08. The van der Waals surface area contributed by atoms with E-state index in [1.807, 2.05) is 6.07 Å². The highest BCUT2D eigenvalue weighted by molar-refractivity contribution is 5.14. The van der Waals surface area contributed by atoms with E-state index in [0.29, 0.717) is 5.41 Å². The maximum absolute atomic E-state index is 5.37. The van der Waals surface area contributed by atoms with Crippen molar-refractivity contribution in [2.75, 3.05) is 6.54 Å². The summed E-state index contributed by atoms with van der Waals surface area (Å²) in [6.07, 6.45) is 5.91. The summed E-state index contributed by atoms with van der Waals surface area (Å²) in [4.78, 5) is 0. The molecule has 1 N–H and O–H groups in total. The molecule has 1 aromatic heterocycles. The summed E-state index contributed by atoms with van der Waals surface area (Å²) in [6, 6.07) is 2.02. The lowest BCUT2D eigenvalue weighted by atomic mass is 9.70. The van der Waals surface area contributed by atoms with Gasteiger partial charge in [-0.2, -0.15) is 0 Å². The predicted molar refractivity (Wildman–Crippen MR) is 57.1 cm³/mol. The molecular weight excluding hydrogens is 174 g/mol. The predicted octanol–water partition coefficient (Wildman–Crippen LogP) is 2.87. The van der Waals surface area contributed by atoms with Gasteiger partial charge in [-0.15, -0.1) is 0 Å². The molecule has 0 unspecified atom stereocenters. The van der Waals surface area contributed by atoms with Gasteiger partial charge >= 0.3 is 0 Å². The molecule has 1 fully saturated rings. The van der Waals surface area contributed by atoms with Gasteiger partial charge in [0.05, 0.1) is 12.8 Å². The maximum Gasteiger partial charge on any atom is 0.120 e. The zero-order valence-electron chi connectivity index (χ0n) is 9.10. The normalized spacial score (nSPS) is 19.3. The molecule has 1 aliphatic carbocycles. The number of hydrogen-bond acceptors (Lipinski definition) is 2. The van der Waals surface area contributed by atoms with E-state index in [-0.39, 0.29) is 0 Å². The van der Waals surface area contributed by atoms with Crippen LogP contribution in [0.4, 0.5) is 0 Å². The van der Waals surface area contributed by atoms with E-state index in [4.69, 9.17) is 4.42 Å². The van der Waals surface area contributed by atoms with Crippen LogP contribution in [0.1, 0.15) is 37.5 Å². The molecule has 0 bridgehead atoms. The Hall–Kier alpha value is -0.760. The lowest BCUT2D eigenvalue weighted by Gasteiger charge is -2.38. The SMILES string of the molecule is Cc1ccoc1CNCC1(C)CCC1. The minimum Gasteiger partial charge on any atom is -0.468 e. The average molecular weight is 193 g/mol. The van der Waals surface area contributed by atoms with Crippen LogP contribution in [0.5, 0.6) is 0 Å². The first-order chi connectivity index (χ1) is 6.70. The van der Waals surface area contributed by atoms with Crippen molar-refractivity contribution in [1.82, 2.24) is 5.32 Å². The van der Waals surface area contributed by atoms with E-state index in [9.17, 15) is 0 Å². The Bertz CT molecular complexity index is 299. The quantitative estimate of drug-likeness (QED) is 0.795. The third-order valence-electron chi connectivity index (χ3n) is 3.37. The molecule has 14 heavy (non-hydrogen) atoms. The molecule has 78 valence electrons. The van der Waals surface area contributed by atoms with Crippen LogP contribution in [0, 0.1) is 12.3 Å². The van der Waals surface area contributed by atoms with Crippen molar-refractivity contribution in [2.45, 2.75) is 39.7 Å². The van der Waals surface area contributed by atoms with Crippen LogP contribution in [-0.4, -0.2) is 6.54 Å². The molecule has 0 radical (unpaired) electrons. The summed E-state index contributed by atoms with van der Waals surface area (Å²) >= 11 is 0. The van der Waals surface area contributed by atoms with Crippen molar-refractivity contribution in [3.05, 3.63) is 23.7 Å². The van der Waals surface area contributed by atoms with Gasteiger partial charge in [0.15, 0.2) is 0 Å². The first kappa shape index (κ1) is 9.78. The molecule has 0 saturated heterocycles. The molecule has 1 heterocycles. The zero-order chi connectivity index (χ0) is 10.0. The molecule has 0 aromatic carbocycles. The van der Waals surface area contributed by atoms with Crippen molar-refractivity contribution in [2.24, 2.45) is 5.41 Å². The highest BCUT2D eigenvalue weighted by atomic mass is 16.3. The summed E-state index contributed by atoms with van der Waals surface area (Å²) in [6.45, 7) is 6.44. The van der Waals surface area contributed by atoms with E-state index in [2.05, 4.69) is 19.2 Å². The Balaban J connectivity index is 1.75. The van der Waals surface area contributed by atoms with Crippen LogP contribution in [-0.2, 0) is 6.54 Å². The molecule has 0 amide bonds. The number of rotatable bonds is 4. The fourth-order valence-corrected chi connectivity index (χ4v) is 2.02. The summed E-state index contributed by atoms with van der Waals surface area (Å²) < 4.78 is 5.37. The maximum atomic E-state index is 5.37. The minimum atomic E-state index is 0.556. The fraction of sp³-hybridized carbons (Fsp3) is 0.667. The molecule has 1 aromatic rings. The first-order valence-electron chi connectivity index (χ1n) is 5.43. The summed E-state index contributed by atoms with van der Waals surface area (Å²) in [5.41, 5.74) is 1.80. The van der Waals surface area contributed by atoms with Gasteiger partial charge in [0.1, 0.15) is 5.76 Å². The second kappa shape index (κ2) is 3.77. The first-order valence-corrected chi connectivity index (χ1v) is 5.43. The summed E-state index contributed by atoms with van der Waals surface area (Å²) in [7, 11) is 0. The van der Waals surface area contributed by atoms with E-state index in [0.717, 1.165) is 18.8 Å². The molecule has 1 saturated carbocycles. The topological polar surface area (TPSA) is 25.2 Å². The van der Waals surface area contributed by atoms with Crippen molar-refractivity contribution in [3.8, 4) is 0 Å². The van der Waals surface area contributed by atoms with E-state index in [1.54, 1.807) is 6.26 Å². The van der Waals surface area contributed by atoms with Gasteiger partial charge in [0.25, 0.3) is 0 Å². The highest BCUT2D eigenvalue weighted by Gasteiger charge is 2.30. The molecule has 2 nitrogen and oxygen atoms in total. The average Bonchev–Trinajstić information content (AvgIpc) is 2.49. The second-order valence-corrected chi connectivity index (χ2v) is 4.79. The van der Waals surface area contributed by atoms with Crippen LogP contribution in [0.25, 0.3) is 0 Å². The van der Waals surface area contributed by atoms with Crippen LogP contribution in [0.3, 0.4) is 0 Å². The Morgan fingerprint density at radius 1 is 1.50 bits per heavy atom. The standard InChI is InChI=1S/C12H19NO/c1-10-4-7-14-11(10)8-13-9-12(2)5-3-6-12/h4,7,13H,3,5-6,8-9H2,1-2H3. The lowest BCUT2D eigenvalue weighted by molar-refractivity contribution is 0.155. The minimum absolute atomic E-state index is 0.556. The third-order valence-corrected chi connectivity index (χ3v) is 3.37. The molecule has 0 aliphatic heterocycles. The molecule has 2 heteroatoms. The van der Waals surface area contributed by atoms with Gasteiger partial charge in [-0.3, -0.25) is 0 Å². The van der Waals surface area contributed by atoms with Crippen molar-refractivity contribution in [1.29, 1.82) is 0 Å². The van der Waals surface area contributed by atoms with Crippen molar-refractivity contribution in [3.63, 3.8) is 0 Å². The largest absolute Gasteiger partial charge is 0.468 e. The number of hydrogen-bond donors (Lipinski definition) is 1. The second-order valence-electron chi connectivity index (χ2n) is 4.79. The van der Waals surface area contributed by atoms with Gasteiger partial charge in [-0.05, 0) is 36.8 Å². The monoisotopic (exact) mass is 193 g/mol. The Morgan fingerprint density at radius 3 is 2.79 bits per heavy atom. The van der Waals surface area contributed by atoms with Crippen LogP contribution in [0.15, 0.2) is 16.7 Å². The smallest absolute Gasteiger partial charge is 0.120 e. The van der Waals surface area contributed by atoms with E-state index >= 15 is 0 Å². The van der Waals surface area contributed by atoms with Gasteiger partial charge in [-0.25, -0.2) is 0 Å². The molecule has 2 rings (SSSR count). The van der Waals surface area contributed by atoms with E-state index < -0.39 is 0 Å². The van der Waals surface area contributed by atoms with Crippen molar-refractivity contribution < 1.29 is 4.42 Å². The summed E-state index contributed by atoms with van der Waals surface area (Å²) in [5, 5.41) is 3.48. The Morgan fingerprint density at radius 2 is 2.29 bits per heavy atom.